The number of hydrogen-bond acceptors (Lipinski definition) is 3. The Kier molecular flexibility index (Phi) is 2.87. The van der Waals surface area contributed by atoms with Crippen LogP contribution < -0.4 is 5.32 Å². The number of benzene rings is 1. The first-order chi connectivity index (χ1) is 8.25. The Bertz CT molecular complexity index is 636. The second kappa shape index (κ2) is 4.38. The third kappa shape index (κ3) is 1.97. The van der Waals surface area contributed by atoms with Crippen LogP contribution in [0.2, 0.25) is 0 Å². The monoisotopic (exact) mass is 355 g/mol. The lowest BCUT2D eigenvalue weighted by molar-refractivity contribution is 1.08. The lowest BCUT2D eigenvalue weighted by Crippen LogP contribution is -1.97. The van der Waals surface area contributed by atoms with Crippen molar-refractivity contribution in [3.8, 4) is 11.3 Å². The highest BCUT2D eigenvalue weighted by molar-refractivity contribution is 14.1. The molecule has 0 amide bonds. The number of nitrogens with zero attached hydrogens (tertiary/aromatic N) is 1. The fraction of sp³-hybridized carbons (Fsp3) is 0.167. The first-order valence-electron chi connectivity index (χ1n) is 5.37. The minimum Gasteiger partial charge on any atom is -0.369 e. The summed E-state index contributed by atoms with van der Waals surface area (Å²) in [5.41, 5.74) is 3.54. The van der Waals surface area contributed by atoms with E-state index < -0.39 is 0 Å². The molecule has 2 aromatic rings. The molecule has 1 aliphatic rings. The van der Waals surface area contributed by atoms with Crippen LogP contribution in [0.1, 0.15) is 5.56 Å². The van der Waals surface area contributed by atoms with Gasteiger partial charge in [-0.15, -0.1) is 0 Å². The van der Waals surface area contributed by atoms with Crippen LogP contribution in [0, 0.1) is 8.34 Å². The summed E-state index contributed by atoms with van der Waals surface area (Å²) < 4.78 is 1.75. The van der Waals surface area contributed by atoms with Gasteiger partial charge in [0.15, 0.2) is 4.77 Å². The van der Waals surface area contributed by atoms with E-state index in [1.807, 2.05) is 12.1 Å². The molecule has 0 saturated heterocycles. The van der Waals surface area contributed by atoms with Crippen molar-refractivity contribution in [3.05, 3.63) is 38.2 Å². The van der Waals surface area contributed by atoms with Crippen molar-refractivity contribution in [2.75, 3.05) is 11.9 Å². The Labute approximate surface area is 118 Å². The maximum atomic E-state index is 5.17. The van der Waals surface area contributed by atoms with Crippen molar-refractivity contribution in [3.63, 3.8) is 0 Å². The molecule has 3 nitrogen and oxygen atoms in total. The molecule has 2 heterocycles. The standard InChI is InChI=1S/C12H10IN3S/c13-9-4-2-1-3-7(9)10-8-5-6-14-11(8)16-12(17)15-10/h1-4H,5-6H2,(H2,14,15,16,17). The van der Waals surface area contributed by atoms with Crippen molar-refractivity contribution < 1.29 is 0 Å². The summed E-state index contributed by atoms with van der Waals surface area (Å²) >= 11 is 7.52. The largest absolute Gasteiger partial charge is 0.369 e. The predicted molar refractivity (Wildman–Crippen MR) is 79.8 cm³/mol. The molecule has 0 fully saturated rings. The SMILES string of the molecule is S=c1nc2c(c(-c3ccccc3I)[nH]1)CCN2. The Morgan fingerprint density at radius 2 is 2.12 bits per heavy atom. The smallest absolute Gasteiger partial charge is 0.199 e. The molecular formula is C12H10IN3S. The van der Waals surface area contributed by atoms with E-state index in [9.17, 15) is 0 Å². The van der Waals surface area contributed by atoms with Gasteiger partial charge in [-0.25, -0.2) is 4.98 Å². The number of halogens is 1. The number of aromatic amines is 1. The normalized spacial score (nSPS) is 13.2. The number of anilines is 1. The maximum absolute atomic E-state index is 5.17. The molecule has 0 spiro atoms. The van der Waals surface area contributed by atoms with Gasteiger partial charge in [-0.05, 0) is 47.3 Å². The third-order valence-electron chi connectivity index (χ3n) is 2.84. The number of hydrogen-bond donors (Lipinski definition) is 2. The molecule has 0 radical (unpaired) electrons. The summed E-state index contributed by atoms with van der Waals surface area (Å²) in [5.74, 6) is 0.934. The molecule has 3 rings (SSSR count). The van der Waals surface area contributed by atoms with Gasteiger partial charge in [-0.1, -0.05) is 18.2 Å². The van der Waals surface area contributed by atoms with Gasteiger partial charge >= 0.3 is 0 Å². The van der Waals surface area contributed by atoms with E-state index in [1.165, 1.54) is 14.7 Å². The zero-order valence-corrected chi connectivity index (χ0v) is 11.9. The molecule has 0 atom stereocenters. The van der Waals surface area contributed by atoms with E-state index >= 15 is 0 Å². The summed E-state index contributed by atoms with van der Waals surface area (Å²) in [6, 6.07) is 8.30. The second-order valence-corrected chi connectivity index (χ2v) is 5.45. The van der Waals surface area contributed by atoms with Gasteiger partial charge in [-0.3, -0.25) is 0 Å². The minimum absolute atomic E-state index is 0.535. The molecule has 1 aromatic carbocycles. The zero-order chi connectivity index (χ0) is 11.8. The maximum Gasteiger partial charge on any atom is 0.199 e. The van der Waals surface area contributed by atoms with Crippen LogP contribution in [0.5, 0.6) is 0 Å². The van der Waals surface area contributed by atoms with E-state index in [1.54, 1.807) is 0 Å². The fourth-order valence-corrected chi connectivity index (χ4v) is 2.94. The van der Waals surface area contributed by atoms with E-state index in [4.69, 9.17) is 12.2 Å². The summed E-state index contributed by atoms with van der Waals surface area (Å²) in [6.45, 7) is 0.936. The van der Waals surface area contributed by atoms with Crippen LogP contribution >= 0.6 is 34.8 Å². The van der Waals surface area contributed by atoms with Crippen LogP contribution in [0.25, 0.3) is 11.3 Å². The number of nitrogens with one attached hydrogen (secondary N) is 2. The fourth-order valence-electron chi connectivity index (χ4n) is 2.09. The molecule has 1 aliphatic heterocycles. The highest BCUT2D eigenvalue weighted by Gasteiger charge is 2.18. The lowest BCUT2D eigenvalue weighted by Gasteiger charge is -2.09. The van der Waals surface area contributed by atoms with Gasteiger partial charge in [0.25, 0.3) is 0 Å². The molecule has 1 aromatic heterocycles. The van der Waals surface area contributed by atoms with Gasteiger partial charge in [-0.2, -0.15) is 0 Å². The summed E-state index contributed by atoms with van der Waals surface area (Å²) in [4.78, 5) is 7.54. The first kappa shape index (κ1) is 11.2. The van der Waals surface area contributed by atoms with E-state index in [0.717, 1.165) is 24.5 Å². The molecule has 0 aliphatic carbocycles. The Hall–Kier alpha value is -0.950. The molecular weight excluding hydrogens is 345 g/mol. The van der Waals surface area contributed by atoms with Crippen molar-refractivity contribution in [1.29, 1.82) is 0 Å². The molecule has 5 heteroatoms. The van der Waals surface area contributed by atoms with Crippen molar-refractivity contribution in [2.24, 2.45) is 0 Å². The number of aromatic nitrogens is 2. The summed E-state index contributed by atoms with van der Waals surface area (Å²) in [7, 11) is 0. The van der Waals surface area contributed by atoms with Crippen LogP contribution in [-0.2, 0) is 6.42 Å². The van der Waals surface area contributed by atoms with Crippen molar-refractivity contribution in [2.45, 2.75) is 6.42 Å². The van der Waals surface area contributed by atoms with E-state index in [-0.39, 0.29) is 0 Å². The third-order valence-corrected chi connectivity index (χ3v) is 3.98. The van der Waals surface area contributed by atoms with Gasteiger partial charge in [0, 0.05) is 21.2 Å². The van der Waals surface area contributed by atoms with Crippen molar-refractivity contribution in [1.82, 2.24) is 9.97 Å². The molecule has 2 N–H and O–H groups in total. The van der Waals surface area contributed by atoms with Gasteiger partial charge in [0.1, 0.15) is 5.82 Å². The van der Waals surface area contributed by atoms with Crippen LogP contribution in [0.3, 0.4) is 0 Å². The quantitative estimate of drug-likeness (QED) is 0.609. The van der Waals surface area contributed by atoms with Crippen molar-refractivity contribution >= 4 is 40.6 Å². The average Bonchev–Trinajstić information content (AvgIpc) is 2.76. The Morgan fingerprint density at radius 3 is 2.94 bits per heavy atom. The zero-order valence-electron chi connectivity index (χ0n) is 8.96. The van der Waals surface area contributed by atoms with Crippen LogP contribution in [-0.4, -0.2) is 16.5 Å². The predicted octanol–water partition coefficient (Wildman–Crippen LogP) is 3.38. The summed E-state index contributed by atoms with van der Waals surface area (Å²) in [6.07, 6.45) is 0.995. The number of H-pyrrole nitrogens is 1. The summed E-state index contributed by atoms with van der Waals surface area (Å²) in [5, 5.41) is 3.27. The molecule has 0 unspecified atom stereocenters. The van der Waals surface area contributed by atoms with Gasteiger partial charge < -0.3 is 10.3 Å². The first-order valence-corrected chi connectivity index (χ1v) is 6.86. The molecule has 0 bridgehead atoms. The van der Waals surface area contributed by atoms with Crippen LogP contribution in [0.15, 0.2) is 24.3 Å². The van der Waals surface area contributed by atoms with Gasteiger partial charge in [0.2, 0.25) is 0 Å². The van der Waals surface area contributed by atoms with Gasteiger partial charge in [0.05, 0.1) is 5.69 Å². The Balaban J connectivity index is 2.29. The number of fused-ring (bicyclic) bond motifs is 1. The molecule has 0 saturated carbocycles. The number of rotatable bonds is 1. The highest BCUT2D eigenvalue weighted by atomic mass is 127. The Morgan fingerprint density at radius 1 is 1.29 bits per heavy atom. The van der Waals surface area contributed by atoms with E-state index in [2.05, 4.69) is 50.0 Å². The minimum atomic E-state index is 0.535. The molecule has 17 heavy (non-hydrogen) atoms. The van der Waals surface area contributed by atoms with Crippen LogP contribution in [0.4, 0.5) is 5.82 Å². The second-order valence-electron chi connectivity index (χ2n) is 3.90. The van der Waals surface area contributed by atoms with E-state index in [0.29, 0.717) is 4.77 Å². The lowest BCUT2D eigenvalue weighted by atomic mass is 10.1. The average molecular weight is 355 g/mol. The molecule has 86 valence electrons. The topological polar surface area (TPSA) is 40.7 Å². The highest BCUT2D eigenvalue weighted by Crippen LogP contribution is 2.31.